The lowest BCUT2D eigenvalue weighted by molar-refractivity contribution is 0.0696. The number of fused-ring (bicyclic) bond motifs is 1. The highest BCUT2D eigenvalue weighted by Crippen LogP contribution is 2.35. The van der Waals surface area contributed by atoms with Gasteiger partial charge in [-0.3, -0.25) is 0 Å². The van der Waals surface area contributed by atoms with E-state index in [-0.39, 0.29) is 5.92 Å². The van der Waals surface area contributed by atoms with Gasteiger partial charge in [-0.15, -0.1) is 0 Å². The van der Waals surface area contributed by atoms with Crippen molar-refractivity contribution in [2.45, 2.75) is 31.2 Å². The number of carbonyl (C=O) groups is 1. The number of halogens is 2. The van der Waals surface area contributed by atoms with Crippen LogP contribution >= 0.6 is 23.2 Å². The molecule has 1 aliphatic rings. The van der Waals surface area contributed by atoms with Gasteiger partial charge in [0, 0.05) is 47.0 Å². The summed E-state index contributed by atoms with van der Waals surface area (Å²) < 4.78 is 0. The number of nitrogens with zero attached hydrogens (tertiary/aromatic N) is 3. The molecule has 0 unspecified atom stereocenters. The number of rotatable bonds is 9. The summed E-state index contributed by atoms with van der Waals surface area (Å²) >= 11 is 12.5. The van der Waals surface area contributed by atoms with Gasteiger partial charge in [-0.05, 0) is 90.0 Å². The van der Waals surface area contributed by atoms with Crippen LogP contribution in [0.3, 0.4) is 0 Å². The van der Waals surface area contributed by atoms with Crippen molar-refractivity contribution in [1.29, 1.82) is 0 Å². The van der Waals surface area contributed by atoms with Crippen molar-refractivity contribution in [3.63, 3.8) is 0 Å². The Labute approximate surface area is 261 Å². The molecule has 6 nitrogen and oxygen atoms in total. The van der Waals surface area contributed by atoms with Crippen molar-refractivity contribution in [2.24, 2.45) is 0 Å². The highest BCUT2D eigenvalue weighted by Gasteiger charge is 2.22. The predicted molar refractivity (Wildman–Crippen MR) is 174 cm³/mol. The molecule has 1 saturated heterocycles. The molecule has 6 rings (SSSR count). The molecule has 5 aromatic rings. The highest BCUT2D eigenvalue weighted by molar-refractivity contribution is 6.30. The van der Waals surface area contributed by atoms with E-state index < -0.39 is 5.97 Å². The molecule has 1 aliphatic heterocycles. The Morgan fingerprint density at radius 3 is 2.16 bits per heavy atom. The number of hydrogen-bond acceptors (Lipinski definition) is 5. The Hall–Kier alpha value is -3.97. The van der Waals surface area contributed by atoms with Gasteiger partial charge in [-0.25, -0.2) is 14.8 Å². The van der Waals surface area contributed by atoms with Gasteiger partial charge in [0.05, 0.1) is 11.1 Å². The minimum atomic E-state index is -0.886. The van der Waals surface area contributed by atoms with Gasteiger partial charge >= 0.3 is 5.97 Å². The second-order valence-electron chi connectivity index (χ2n) is 11.1. The number of anilines is 1. The normalized spacial score (nSPS) is 14.3. The first kappa shape index (κ1) is 29.1. The first-order valence-corrected chi connectivity index (χ1v) is 15.3. The molecule has 1 fully saturated rings. The van der Waals surface area contributed by atoms with Crippen LogP contribution in [0.5, 0.6) is 0 Å². The summed E-state index contributed by atoms with van der Waals surface area (Å²) in [5.74, 6) is -0.0447. The maximum atomic E-state index is 11.3. The topological polar surface area (TPSA) is 78.4 Å². The molecule has 2 heterocycles. The van der Waals surface area contributed by atoms with Crippen LogP contribution in [-0.4, -0.2) is 51.6 Å². The maximum Gasteiger partial charge on any atom is 0.335 e. The van der Waals surface area contributed by atoms with E-state index in [1.54, 1.807) is 18.5 Å². The lowest BCUT2D eigenvalue weighted by Gasteiger charge is -2.32. The van der Waals surface area contributed by atoms with E-state index in [9.17, 15) is 9.90 Å². The largest absolute Gasteiger partial charge is 0.478 e. The van der Waals surface area contributed by atoms with Gasteiger partial charge in [-0.2, -0.15) is 0 Å². The van der Waals surface area contributed by atoms with E-state index in [1.807, 2.05) is 36.4 Å². The molecular formula is C35H32Cl2N4O2. The average molecular weight is 612 g/mol. The first-order chi connectivity index (χ1) is 20.9. The van der Waals surface area contributed by atoms with Crippen LogP contribution in [0.4, 0.5) is 5.82 Å². The Bertz CT molecular complexity index is 1670. The van der Waals surface area contributed by atoms with Gasteiger partial charge in [0.25, 0.3) is 0 Å². The second kappa shape index (κ2) is 13.1. The van der Waals surface area contributed by atoms with Crippen LogP contribution in [0.2, 0.25) is 10.0 Å². The van der Waals surface area contributed by atoms with E-state index in [0.29, 0.717) is 21.7 Å². The van der Waals surface area contributed by atoms with E-state index >= 15 is 0 Å². The molecule has 0 amide bonds. The average Bonchev–Trinajstić information content (AvgIpc) is 3.03. The Kier molecular flexibility index (Phi) is 8.89. The minimum absolute atomic E-state index is 0.00794. The van der Waals surface area contributed by atoms with E-state index in [4.69, 9.17) is 23.2 Å². The Morgan fingerprint density at radius 1 is 0.860 bits per heavy atom. The zero-order valence-corrected chi connectivity index (χ0v) is 25.1. The molecule has 0 bridgehead atoms. The smallest absolute Gasteiger partial charge is 0.335 e. The van der Waals surface area contributed by atoms with Crippen molar-refractivity contribution in [3.8, 4) is 0 Å². The van der Waals surface area contributed by atoms with Gasteiger partial charge in [0.2, 0.25) is 0 Å². The molecule has 0 spiro atoms. The van der Waals surface area contributed by atoms with Crippen molar-refractivity contribution in [2.75, 3.05) is 25.0 Å². The molecule has 43 heavy (non-hydrogen) atoms. The van der Waals surface area contributed by atoms with Gasteiger partial charge in [0.1, 0.15) is 12.1 Å². The van der Waals surface area contributed by atoms with Gasteiger partial charge in [0.15, 0.2) is 0 Å². The van der Waals surface area contributed by atoms with Crippen LogP contribution in [0, 0.1) is 0 Å². The lowest BCUT2D eigenvalue weighted by atomic mass is 9.84. The monoisotopic (exact) mass is 610 g/mol. The predicted octanol–water partition coefficient (Wildman–Crippen LogP) is 7.93. The fraction of sp³-hybridized carbons (Fsp3) is 0.229. The third kappa shape index (κ3) is 6.99. The molecule has 0 atom stereocenters. The first-order valence-electron chi connectivity index (χ1n) is 14.5. The number of carboxylic acid groups (broad SMARTS) is 1. The van der Waals surface area contributed by atoms with Crippen LogP contribution in [0.15, 0.2) is 97.3 Å². The maximum absolute atomic E-state index is 11.3. The molecule has 4 aromatic carbocycles. The molecule has 1 aromatic heterocycles. The van der Waals surface area contributed by atoms with E-state index in [1.165, 1.54) is 0 Å². The zero-order chi connectivity index (χ0) is 29.8. The summed E-state index contributed by atoms with van der Waals surface area (Å²) in [6, 6.07) is 29.9. The van der Waals surface area contributed by atoms with Crippen LogP contribution in [0.25, 0.3) is 10.9 Å². The van der Waals surface area contributed by atoms with Crippen molar-refractivity contribution in [1.82, 2.24) is 14.9 Å². The quantitative estimate of drug-likeness (QED) is 0.165. The summed E-state index contributed by atoms with van der Waals surface area (Å²) in [7, 11) is 0. The van der Waals surface area contributed by atoms with Gasteiger partial charge < -0.3 is 15.3 Å². The third-order valence-corrected chi connectivity index (χ3v) is 8.72. The van der Waals surface area contributed by atoms with E-state index in [2.05, 4.69) is 62.6 Å². The standard InChI is InChI=1S/C35H32Cl2N4O2/c36-28-9-4-24(5-10-28)33(25-6-11-29(37)12-7-25)26-8-13-32-31(21-26)34(39-22-38-32)40-30-15-18-41(19-16-30)17-14-23-2-1-3-27(20-23)35(42)43/h1-13,20-22,30,33H,14-19H2,(H,42,43)(H,38,39,40). The molecule has 0 radical (unpaired) electrons. The number of carboxylic acids is 1. The summed E-state index contributed by atoms with van der Waals surface area (Å²) in [6.07, 6.45) is 4.46. The summed E-state index contributed by atoms with van der Waals surface area (Å²) in [4.78, 5) is 23.0. The Balaban J connectivity index is 1.18. The van der Waals surface area contributed by atoms with Crippen molar-refractivity contribution < 1.29 is 9.90 Å². The highest BCUT2D eigenvalue weighted by atomic mass is 35.5. The minimum Gasteiger partial charge on any atom is -0.478 e. The molecule has 0 saturated carbocycles. The Morgan fingerprint density at radius 2 is 1.51 bits per heavy atom. The second-order valence-corrected chi connectivity index (χ2v) is 11.9. The van der Waals surface area contributed by atoms with Crippen molar-refractivity contribution in [3.05, 3.63) is 135 Å². The summed E-state index contributed by atoms with van der Waals surface area (Å²) in [6.45, 7) is 2.85. The van der Waals surface area contributed by atoms with E-state index in [0.717, 1.165) is 77.9 Å². The van der Waals surface area contributed by atoms with Crippen LogP contribution < -0.4 is 5.32 Å². The molecule has 8 heteroatoms. The third-order valence-electron chi connectivity index (χ3n) is 8.22. The number of piperidine rings is 1. The van der Waals surface area contributed by atoms with Crippen LogP contribution in [0.1, 0.15) is 51.4 Å². The number of hydrogen-bond donors (Lipinski definition) is 2. The molecule has 2 N–H and O–H groups in total. The van der Waals surface area contributed by atoms with Gasteiger partial charge in [-0.1, -0.05) is 65.7 Å². The summed E-state index contributed by atoms with van der Waals surface area (Å²) in [5, 5.41) is 15.4. The lowest BCUT2D eigenvalue weighted by Crippen LogP contribution is -2.40. The SMILES string of the molecule is O=C(O)c1cccc(CCN2CCC(Nc3ncnc4ccc(C(c5ccc(Cl)cc5)c5ccc(Cl)cc5)cc34)CC2)c1. The van der Waals surface area contributed by atoms with Crippen LogP contribution in [-0.2, 0) is 6.42 Å². The summed E-state index contributed by atoms with van der Waals surface area (Å²) in [5.41, 5.74) is 5.70. The number of benzene rings is 4. The molecule has 0 aliphatic carbocycles. The number of nitrogens with one attached hydrogen (secondary N) is 1. The number of likely N-dealkylation sites (tertiary alicyclic amines) is 1. The molecular weight excluding hydrogens is 579 g/mol. The van der Waals surface area contributed by atoms with Crippen molar-refractivity contribution >= 4 is 45.9 Å². The number of aromatic carboxylic acids is 1. The fourth-order valence-electron chi connectivity index (χ4n) is 5.90. The zero-order valence-electron chi connectivity index (χ0n) is 23.6. The fourth-order valence-corrected chi connectivity index (χ4v) is 6.15. The number of aromatic nitrogens is 2. The molecule has 218 valence electrons.